The van der Waals surface area contributed by atoms with Crippen molar-refractivity contribution in [1.29, 1.82) is 0 Å². The summed E-state index contributed by atoms with van der Waals surface area (Å²) in [6, 6.07) is 16.4. The van der Waals surface area contributed by atoms with Crippen molar-refractivity contribution < 1.29 is 18.9 Å². The number of methoxy groups -OCH3 is 1. The molecule has 7 heteroatoms. The average Bonchev–Trinajstić information content (AvgIpc) is 2.69. The lowest BCUT2D eigenvalue weighted by atomic mass is 10.2. The molecule has 1 aliphatic rings. The van der Waals surface area contributed by atoms with Gasteiger partial charge in [-0.05, 0) is 29.8 Å². The lowest BCUT2D eigenvalue weighted by molar-refractivity contribution is -0.145. The summed E-state index contributed by atoms with van der Waals surface area (Å²) in [5.41, 5.74) is 0.981. The minimum Gasteiger partial charge on any atom is -0.610 e. The molecule has 2 atom stereocenters. The molecule has 0 aliphatic carbocycles. The standard InChI is InChI=1S/C19H20N2O4S/c1-25-15-7-9-16(10-8-15)26(24)19-11-18(23)21(19)13-17(22)20-12-14-5-3-2-4-6-14/h2-10,19H,11-13H2,1H3,(H,20,22). The van der Waals surface area contributed by atoms with Gasteiger partial charge in [-0.2, -0.15) is 0 Å². The van der Waals surface area contributed by atoms with E-state index in [1.165, 1.54) is 4.90 Å². The highest BCUT2D eigenvalue weighted by atomic mass is 32.2. The molecule has 0 saturated carbocycles. The molecule has 2 aromatic carbocycles. The fraction of sp³-hybridized carbons (Fsp3) is 0.263. The summed E-state index contributed by atoms with van der Waals surface area (Å²) in [6.45, 7) is 0.312. The van der Waals surface area contributed by atoms with Gasteiger partial charge in [-0.1, -0.05) is 30.3 Å². The number of benzene rings is 2. The number of amides is 2. The van der Waals surface area contributed by atoms with Gasteiger partial charge < -0.3 is 14.6 Å². The Morgan fingerprint density at radius 3 is 2.54 bits per heavy atom. The van der Waals surface area contributed by atoms with Crippen LogP contribution in [0.15, 0.2) is 59.5 Å². The minimum atomic E-state index is -1.39. The fourth-order valence-corrected chi connectivity index (χ4v) is 4.12. The molecule has 2 aromatic rings. The van der Waals surface area contributed by atoms with Crippen LogP contribution in [0.2, 0.25) is 0 Å². The fourth-order valence-electron chi connectivity index (χ4n) is 2.68. The number of likely N-dealkylation sites (tertiary alicyclic amines) is 1. The van der Waals surface area contributed by atoms with Crippen molar-refractivity contribution >= 4 is 23.0 Å². The van der Waals surface area contributed by atoms with E-state index >= 15 is 0 Å². The van der Waals surface area contributed by atoms with Gasteiger partial charge in [0.2, 0.25) is 17.2 Å². The van der Waals surface area contributed by atoms with Crippen LogP contribution >= 0.6 is 0 Å². The number of rotatable bonds is 7. The number of β-lactam (4-membered cyclic amide) rings is 1. The van der Waals surface area contributed by atoms with Gasteiger partial charge in [-0.25, -0.2) is 0 Å². The molecule has 2 amide bonds. The Kier molecular flexibility index (Phi) is 5.80. The Hall–Kier alpha value is -2.51. The maximum Gasteiger partial charge on any atom is 0.240 e. The summed E-state index contributed by atoms with van der Waals surface area (Å²) in [4.78, 5) is 26.0. The second-order valence-electron chi connectivity index (χ2n) is 5.92. The smallest absolute Gasteiger partial charge is 0.240 e. The van der Waals surface area contributed by atoms with Crippen LogP contribution in [0.3, 0.4) is 0 Å². The molecular formula is C19H20N2O4S. The van der Waals surface area contributed by atoms with Crippen LogP contribution in [0.4, 0.5) is 0 Å². The zero-order chi connectivity index (χ0) is 18.5. The third-order valence-corrected chi connectivity index (χ3v) is 5.85. The van der Waals surface area contributed by atoms with E-state index in [2.05, 4.69) is 5.32 Å². The van der Waals surface area contributed by atoms with Crippen molar-refractivity contribution in [1.82, 2.24) is 10.2 Å². The van der Waals surface area contributed by atoms with Crippen molar-refractivity contribution in [2.75, 3.05) is 13.7 Å². The highest BCUT2D eigenvalue weighted by Gasteiger charge is 2.46. The molecule has 0 radical (unpaired) electrons. The molecule has 1 fully saturated rings. The Morgan fingerprint density at radius 2 is 1.92 bits per heavy atom. The molecule has 0 aromatic heterocycles. The first-order chi connectivity index (χ1) is 12.6. The molecule has 1 aliphatic heterocycles. The zero-order valence-corrected chi connectivity index (χ0v) is 15.2. The van der Waals surface area contributed by atoms with Gasteiger partial charge in [0, 0.05) is 17.7 Å². The zero-order valence-electron chi connectivity index (χ0n) is 14.4. The molecule has 2 unspecified atom stereocenters. The molecule has 6 nitrogen and oxygen atoms in total. The van der Waals surface area contributed by atoms with E-state index in [1.807, 2.05) is 30.3 Å². The lowest BCUT2D eigenvalue weighted by Crippen LogP contribution is -2.58. The average molecular weight is 372 g/mol. The van der Waals surface area contributed by atoms with Crippen molar-refractivity contribution in [3.05, 3.63) is 60.2 Å². The Balaban J connectivity index is 1.56. The first kappa shape index (κ1) is 18.3. The van der Waals surface area contributed by atoms with Crippen LogP contribution in [-0.2, 0) is 27.3 Å². The van der Waals surface area contributed by atoms with E-state index in [4.69, 9.17) is 4.74 Å². The first-order valence-electron chi connectivity index (χ1n) is 8.23. The third-order valence-electron chi connectivity index (χ3n) is 4.20. The molecule has 1 saturated heterocycles. The van der Waals surface area contributed by atoms with Gasteiger partial charge in [0.05, 0.1) is 13.5 Å². The number of carbonyl (C=O) groups excluding carboxylic acids is 2. The van der Waals surface area contributed by atoms with Crippen LogP contribution in [0, 0.1) is 0 Å². The number of carbonyl (C=O) groups is 2. The molecule has 1 N–H and O–H groups in total. The number of nitrogens with one attached hydrogen (secondary N) is 1. The van der Waals surface area contributed by atoms with Crippen molar-refractivity contribution in [3.63, 3.8) is 0 Å². The van der Waals surface area contributed by atoms with Gasteiger partial charge in [0.1, 0.15) is 12.3 Å². The number of hydrogen-bond acceptors (Lipinski definition) is 4. The predicted octanol–water partition coefficient (Wildman–Crippen LogP) is 1.68. The Bertz CT molecular complexity index is 767. The maximum absolute atomic E-state index is 12.7. The van der Waals surface area contributed by atoms with E-state index in [-0.39, 0.29) is 24.8 Å². The van der Waals surface area contributed by atoms with E-state index in [1.54, 1.807) is 31.4 Å². The first-order valence-corrected chi connectivity index (χ1v) is 9.44. The minimum absolute atomic E-state index is 0.0851. The van der Waals surface area contributed by atoms with Crippen molar-refractivity contribution in [2.24, 2.45) is 0 Å². The summed E-state index contributed by atoms with van der Waals surface area (Å²) >= 11 is -1.39. The number of nitrogens with zero attached hydrogens (tertiary/aromatic N) is 1. The number of ether oxygens (including phenoxy) is 1. The topological polar surface area (TPSA) is 81.7 Å². The predicted molar refractivity (Wildman–Crippen MR) is 97.8 cm³/mol. The van der Waals surface area contributed by atoms with E-state index < -0.39 is 16.5 Å². The van der Waals surface area contributed by atoms with Gasteiger partial charge in [-0.15, -0.1) is 0 Å². The quantitative estimate of drug-likeness (QED) is 0.592. The lowest BCUT2D eigenvalue weighted by Gasteiger charge is -2.39. The normalized spacial score (nSPS) is 17.4. The molecule has 0 spiro atoms. The van der Waals surface area contributed by atoms with Crippen LogP contribution in [0.1, 0.15) is 12.0 Å². The second kappa shape index (κ2) is 8.25. The van der Waals surface area contributed by atoms with Gasteiger partial charge in [-0.3, -0.25) is 14.5 Å². The highest BCUT2D eigenvalue weighted by molar-refractivity contribution is 7.92. The van der Waals surface area contributed by atoms with Crippen LogP contribution < -0.4 is 10.1 Å². The maximum atomic E-state index is 12.7. The Morgan fingerprint density at radius 1 is 1.23 bits per heavy atom. The summed E-state index contributed by atoms with van der Waals surface area (Å²) in [5, 5.41) is 2.31. The summed E-state index contributed by atoms with van der Waals surface area (Å²) in [6.07, 6.45) is 0.185. The van der Waals surface area contributed by atoms with Gasteiger partial charge >= 0.3 is 0 Å². The van der Waals surface area contributed by atoms with Gasteiger partial charge in [0.25, 0.3) is 0 Å². The Labute approximate surface area is 155 Å². The molecular weight excluding hydrogens is 352 g/mol. The molecule has 26 heavy (non-hydrogen) atoms. The molecule has 0 bridgehead atoms. The third kappa shape index (κ3) is 4.17. The van der Waals surface area contributed by atoms with Crippen LogP contribution in [0.25, 0.3) is 0 Å². The summed E-state index contributed by atoms with van der Waals surface area (Å²) in [7, 11) is 1.56. The summed E-state index contributed by atoms with van der Waals surface area (Å²) < 4.78 is 17.8. The second-order valence-corrected chi connectivity index (χ2v) is 7.53. The van der Waals surface area contributed by atoms with E-state index in [0.29, 0.717) is 17.2 Å². The van der Waals surface area contributed by atoms with Crippen LogP contribution in [0.5, 0.6) is 5.75 Å². The van der Waals surface area contributed by atoms with Gasteiger partial charge in [0.15, 0.2) is 4.90 Å². The van der Waals surface area contributed by atoms with Crippen molar-refractivity contribution in [2.45, 2.75) is 23.2 Å². The number of hydrogen-bond donors (Lipinski definition) is 1. The van der Waals surface area contributed by atoms with E-state index in [9.17, 15) is 14.1 Å². The van der Waals surface area contributed by atoms with Crippen LogP contribution in [-0.4, -0.2) is 40.3 Å². The molecule has 1 heterocycles. The van der Waals surface area contributed by atoms with E-state index in [0.717, 1.165) is 5.56 Å². The highest BCUT2D eigenvalue weighted by Crippen LogP contribution is 2.30. The molecule has 136 valence electrons. The SMILES string of the molecule is COc1ccc([S+]([O-])C2CC(=O)N2CC(=O)NCc2ccccc2)cc1. The largest absolute Gasteiger partial charge is 0.610 e. The van der Waals surface area contributed by atoms with Crippen molar-refractivity contribution in [3.8, 4) is 5.75 Å². The monoisotopic (exact) mass is 372 g/mol. The summed E-state index contributed by atoms with van der Waals surface area (Å²) in [5.74, 6) is 0.248. The molecule has 3 rings (SSSR count).